The van der Waals surface area contributed by atoms with Gasteiger partial charge in [0.1, 0.15) is 0 Å². The highest BCUT2D eigenvalue weighted by atomic mass is 16.2. The lowest BCUT2D eigenvalue weighted by atomic mass is 10.1. The molecule has 2 N–H and O–H groups in total. The monoisotopic (exact) mass is 259 g/mol. The van der Waals surface area contributed by atoms with E-state index < -0.39 is 0 Å². The zero-order valence-electron chi connectivity index (χ0n) is 11.2. The third kappa shape index (κ3) is 2.83. The molecule has 1 fully saturated rings. The second-order valence-electron chi connectivity index (χ2n) is 5.38. The Labute approximate surface area is 114 Å². The van der Waals surface area contributed by atoms with E-state index in [1.807, 2.05) is 11.0 Å². The van der Waals surface area contributed by atoms with Crippen LogP contribution in [0.4, 0.5) is 16.2 Å². The summed E-state index contributed by atoms with van der Waals surface area (Å²) in [5.74, 6) is 0. The smallest absolute Gasteiger partial charge is 0.321 e. The van der Waals surface area contributed by atoms with Crippen molar-refractivity contribution in [3.05, 3.63) is 23.8 Å². The molecule has 0 bridgehead atoms. The highest BCUT2D eigenvalue weighted by Crippen LogP contribution is 2.25. The maximum Gasteiger partial charge on any atom is 0.321 e. The predicted octanol–water partition coefficient (Wildman–Crippen LogP) is 3.06. The van der Waals surface area contributed by atoms with E-state index in [4.69, 9.17) is 0 Å². The van der Waals surface area contributed by atoms with Crippen LogP contribution in [0.2, 0.25) is 0 Å². The van der Waals surface area contributed by atoms with Crippen molar-refractivity contribution in [2.45, 2.75) is 32.1 Å². The van der Waals surface area contributed by atoms with Crippen LogP contribution in [0.25, 0.3) is 0 Å². The first-order valence-corrected chi connectivity index (χ1v) is 7.26. The average Bonchev–Trinajstić information content (AvgIpc) is 2.71. The second kappa shape index (κ2) is 5.51. The Morgan fingerprint density at radius 3 is 2.74 bits per heavy atom. The number of urea groups is 1. The number of hydrogen-bond donors (Lipinski definition) is 2. The van der Waals surface area contributed by atoms with E-state index in [1.54, 1.807) is 0 Å². The fourth-order valence-electron chi connectivity index (χ4n) is 2.86. The van der Waals surface area contributed by atoms with E-state index in [9.17, 15) is 4.79 Å². The molecule has 0 saturated carbocycles. The number of nitrogens with zero attached hydrogens (tertiary/aromatic N) is 1. The number of benzene rings is 1. The van der Waals surface area contributed by atoms with Crippen LogP contribution < -0.4 is 10.6 Å². The minimum absolute atomic E-state index is 0.0489. The number of nitrogens with one attached hydrogen (secondary N) is 2. The van der Waals surface area contributed by atoms with Gasteiger partial charge in [0.15, 0.2) is 0 Å². The van der Waals surface area contributed by atoms with Gasteiger partial charge in [-0.1, -0.05) is 12.8 Å². The summed E-state index contributed by atoms with van der Waals surface area (Å²) in [6.07, 6.45) is 5.79. The maximum atomic E-state index is 12.2. The molecular formula is C15H21N3O. The summed E-state index contributed by atoms with van der Waals surface area (Å²) in [5, 5.41) is 6.36. The van der Waals surface area contributed by atoms with Crippen molar-refractivity contribution in [3.63, 3.8) is 0 Å². The van der Waals surface area contributed by atoms with Crippen LogP contribution in [-0.4, -0.2) is 30.6 Å². The number of fused-ring (bicyclic) bond motifs is 1. The zero-order valence-corrected chi connectivity index (χ0v) is 11.2. The van der Waals surface area contributed by atoms with E-state index in [1.165, 1.54) is 24.1 Å². The van der Waals surface area contributed by atoms with Gasteiger partial charge in [0.05, 0.1) is 0 Å². The Hall–Kier alpha value is -1.71. The first kappa shape index (κ1) is 12.3. The van der Waals surface area contributed by atoms with Crippen LogP contribution >= 0.6 is 0 Å². The highest BCUT2D eigenvalue weighted by molar-refractivity contribution is 5.89. The van der Waals surface area contributed by atoms with Gasteiger partial charge in [-0.2, -0.15) is 0 Å². The third-order valence-electron chi connectivity index (χ3n) is 3.96. The summed E-state index contributed by atoms with van der Waals surface area (Å²) in [6, 6.07) is 6.17. The van der Waals surface area contributed by atoms with Gasteiger partial charge in [-0.05, 0) is 43.0 Å². The summed E-state index contributed by atoms with van der Waals surface area (Å²) in [6.45, 7) is 2.77. The molecule has 1 aromatic carbocycles. The molecule has 4 nitrogen and oxygen atoms in total. The second-order valence-corrected chi connectivity index (χ2v) is 5.38. The average molecular weight is 259 g/mol. The SMILES string of the molecule is O=C(Nc1ccc2c(c1)CCN2)N1CCCCCC1. The van der Waals surface area contributed by atoms with E-state index in [2.05, 4.69) is 22.8 Å². The third-order valence-corrected chi connectivity index (χ3v) is 3.96. The van der Waals surface area contributed by atoms with Crippen LogP contribution in [0, 0.1) is 0 Å². The highest BCUT2D eigenvalue weighted by Gasteiger charge is 2.16. The lowest BCUT2D eigenvalue weighted by Crippen LogP contribution is -2.35. The number of amides is 2. The topological polar surface area (TPSA) is 44.4 Å². The number of carbonyl (C=O) groups excluding carboxylic acids is 1. The van der Waals surface area contributed by atoms with E-state index >= 15 is 0 Å². The van der Waals surface area contributed by atoms with Gasteiger partial charge in [0.2, 0.25) is 0 Å². The molecule has 0 unspecified atom stereocenters. The standard InChI is InChI=1S/C15H21N3O/c19-15(18-9-3-1-2-4-10-18)17-13-5-6-14-12(11-13)7-8-16-14/h5-6,11,16H,1-4,7-10H2,(H,17,19). The normalized spacial score (nSPS) is 18.4. The molecule has 2 heterocycles. The Kier molecular flexibility index (Phi) is 3.58. The molecule has 1 saturated heterocycles. The van der Waals surface area contributed by atoms with Crippen molar-refractivity contribution >= 4 is 17.4 Å². The van der Waals surface area contributed by atoms with Crippen molar-refractivity contribution in [2.24, 2.45) is 0 Å². The molecule has 0 spiro atoms. The number of carbonyl (C=O) groups is 1. The molecule has 2 aliphatic heterocycles. The van der Waals surface area contributed by atoms with E-state index in [0.29, 0.717) is 0 Å². The molecule has 0 atom stereocenters. The fraction of sp³-hybridized carbons (Fsp3) is 0.533. The van der Waals surface area contributed by atoms with Gasteiger partial charge in [0.25, 0.3) is 0 Å². The zero-order chi connectivity index (χ0) is 13.1. The molecule has 2 amide bonds. The van der Waals surface area contributed by atoms with Gasteiger partial charge in [-0.3, -0.25) is 0 Å². The van der Waals surface area contributed by atoms with Crippen molar-refractivity contribution in [1.29, 1.82) is 0 Å². The van der Waals surface area contributed by atoms with Crippen LogP contribution in [0.5, 0.6) is 0 Å². The lowest BCUT2D eigenvalue weighted by Gasteiger charge is -2.21. The number of hydrogen-bond acceptors (Lipinski definition) is 2. The summed E-state index contributed by atoms with van der Waals surface area (Å²) in [7, 11) is 0. The van der Waals surface area contributed by atoms with Crippen molar-refractivity contribution in [3.8, 4) is 0 Å². The Balaban J connectivity index is 1.65. The summed E-state index contributed by atoms with van der Waals surface area (Å²) in [4.78, 5) is 14.2. The molecule has 0 aromatic heterocycles. The summed E-state index contributed by atoms with van der Waals surface area (Å²) >= 11 is 0. The number of likely N-dealkylation sites (tertiary alicyclic amines) is 1. The number of anilines is 2. The number of rotatable bonds is 1. The largest absolute Gasteiger partial charge is 0.384 e. The van der Waals surface area contributed by atoms with Crippen LogP contribution in [0.3, 0.4) is 0 Å². The molecule has 4 heteroatoms. The molecule has 0 radical (unpaired) electrons. The van der Waals surface area contributed by atoms with Crippen LogP contribution in [0.15, 0.2) is 18.2 Å². The fourth-order valence-corrected chi connectivity index (χ4v) is 2.86. The molecular weight excluding hydrogens is 238 g/mol. The van der Waals surface area contributed by atoms with Crippen molar-refractivity contribution in [2.75, 3.05) is 30.3 Å². The first-order chi connectivity index (χ1) is 9.33. The molecule has 19 heavy (non-hydrogen) atoms. The molecule has 0 aliphatic carbocycles. The van der Waals surface area contributed by atoms with Crippen molar-refractivity contribution in [1.82, 2.24) is 4.90 Å². The first-order valence-electron chi connectivity index (χ1n) is 7.26. The summed E-state index contributed by atoms with van der Waals surface area (Å²) < 4.78 is 0. The van der Waals surface area contributed by atoms with E-state index in [-0.39, 0.29) is 6.03 Å². The van der Waals surface area contributed by atoms with Gasteiger partial charge in [-0.15, -0.1) is 0 Å². The maximum absolute atomic E-state index is 12.2. The molecule has 102 valence electrons. The van der Waals surface area contributed by atoms with E-state index in [0.717, 1.165) is 44.6 Å². The van der Waals surface area contributed by atoms with Crippen LogP contribution in [-0.2, 0) is 6.42 Å². The van der Waals surface area contributed by atoms with Gasteiger partial charge < -0.3 is 15.5 Å². The van der Waals surface area contributed by atoms with Crippen LogP contribution in [0.1, 0.15) is 31.2 Å². The van der Waals surface area contributed by atoms with Gasteiger partial charge in [-0.25, -0.2) is 4.79 Å². The predicted molar refractivity (Wildman–Crippen MR) is 77.7 cm³/mol. The molecule has 1 aromatic rings. The van der Waals surface area contributed by atoms with Gasteiger partial charge in [0, 0.05) is 31.0 Å². The minimum Gasteiger partial charge on any atom is -0.384 e. The molecule has 2 aliphatic rings. The summed E-state index contributed by atoms with van der Waals surface area (Å²) in [5.41, 5.74) is 3.41. The van der Waals surface area contributed by atoms with Crippen molar-refractivity contribution < 1.29 is 4.79 Å². The van der Waals surface area contributed by atoms with Gasteiger partial charge >= 0.3 is 6.03 Å². The quantitative estimate of drug-likeness (QED) is 0.814. The lowest BCUT2D eigenvalue weighted by molar-refractivity contribution is 0.214. The minimum atomic E-state index is 0.0489. The Morgan fingerprint density at radius 1 is 1.16 bits per heavy atom. The molecule has 3 rings (SSSR count). The Bertz CT molecular complexity index is 464. The Morgan fingerprint density at radius 2 is 1.95 bits per heavy atom.